The fourth-order valence-corrected chi connectivity index (χ4v) is 0.903. The minimum atomic E-state index is -0.192. The molecule has 0 radical (unpaired) electrons. The fraction of sp³-hybridized carbons (Fsp3) is 0.143. The van der Waals surface area contributed by atoms with E-state index in [-0.39, 0.29) is 24.7 Å². The van der Waals surface area contributed by atoms with E-state index in [9.17, 15) is 4.79 Å². The lowest BCUT2D eigenvalue weighted by Crippen LogP contribution is -2.14. The lowest BCUT2D eigenvalue weighted by atomic mass is 10.2. The first-order valence-corrected chi connectivity index (χ1v) is 3.46. The Morgan fingerprint density at radius 1 is 1.67 bits per heavy atom. The summed E-state index contributed by atoms with van der Waals surface area (Å²) in [5.74, 6) is -0.192. The number of hydrogen-bond acceptors (Lipinski definition) is 3. The van der Waals surface area contributed by atoms with Gasteiger partial charge in [-0.25, -0.2) is 0 Å². The standard InChI is InChI=1S/C7H7ClN2O.ClH/c8-6-1-2-10-4-5(6)7(11)3-9;/h1-2,4H,3,9H2;1H. The highest BCUT2D eigenvalue weighted by atomic mass is 35.5. The highest BCUT2D eigenvalue weighted by Crippen LogP contribution is 2.12. The normalized spacial score (nSPS) is 8.83. The largest absolute Gasteiger partial charge is 0.324 e. The van der Waals surface area contributed by atoms with E-state index in [0.717, 1.165) is 0 Å². The van der Waals surface area contributed by atoms with Crippen LogP contribution in [0, 0.1) is 0 Å². The SMILES string of the molecule is Cl.NCC(=O)c1cnccc1Cl. The molecule has 5 heteroatoms. The van der Waals surface area contributed by atoms with Crippen molar-refractivity contribution in [1.29, 1.82) is 0 Å². The van der Waals surface area contributed by atoms with Gasteiger partial charge in [0.25, 0.3) is 0 Å². The molecule has 2 N–H and O–H groups in total. The number of halogens is 2. The van der Waals surface area contributed by atoms with Gasteiger partial charge in [-0.3, -0.25) is 9.78 Å². The summed E-state index contributed by atoms with van der Waals surface area (Å²) < 4.78 is 0. The van der Waals surface area contributed by atoms with Crippen molar-refractivity contribution >= 4 is 29.8 Å². The van der Waals surface area contributed by atoms with E-state index in [4.69, 9.17) is 17.3 Å². The van der Waals surface area contributed by atoms with Crippen LogP contribution in [0.1, 0.15) is 10.4 Å². The number of carbonyl (C=O) groups is 1. The maximum absolute atomic E-state index is 11.0. The van der Waals surface area contributed by atoms with Crippen LogP contribution in [-0.4, -0.2) is 17.3 Å². The summed E-state index contributed by atoms with van der Waals surface area (Å²) in [7, 11) is 0. The second kappa shape index (κ2) is 5.09. The van der Waals surface area contributed by atoms with Crippen LogP contribution < -0.4 is 5.73 Å². The molecular formula is C7H8Cl2N2O. The first kappa shape index (κ1) is 11.4. The third kappa shape index (κ3) is 2.44. The molecule has 0 saturated heterocycles. The van der Waals surface area contributed by atoms with E-state index < -0.39 is 0 Å². The Balaban J connectivity index is 0.00000121. The molecular weight excluding hydrogens is 199 g/mol. The number of rotatable bonds is 2. The predicted molar refractivity (Wildman–Crippen MR) is 49.9 cm³/mol. The van der Waals surface area contributed by atoms with E-state index in [1.165, 1.54) is 12.4 Å². The molecule has 0 aliphatic heterocycles. The summed E-state index contributed by atoms with van der Waals surface area (Å²) in [6, 6.07) is 1.56. The lowest BCUT2D eigenvalue weighted by molar-refractivity contribution is 0.100. The number of nitrogens with zero attached hydrogens (tertiary/aromatic N) is 1. The quantitative estimate of drug-likeness (QED) is 0.743. The molecule has 12 heavy (non-hydrogen) atoms. The molecule has 0 aliphatic carbocycles. The number of hydrogen-bond donors (Lipinski definition) is 1. The first-order chi connectivity index (χ1) is 5.25. The Morgan fingerprint density at radius 3 is 2.83 bits per heavy atom. The van der Waals surface area contributed by atoms with Crippen LogP contribution in [0.4, 0.5) is 0 Å². The minimum absolute atomic E-state index is 0. The minimum Gasteiger partial charge on any atom is -0.324 e. The van der Waals surface area contributed by atoms with E-state index in [2.05, 4.69) is 4.98 Å². The second-order valence-corrected chi connectivity index (χ2v) is 2.39. The number of aromatic nitrogens is 1. The van der Waals surface area contributed by atoms with Crippen molar-refractivity contribution in [1.82, 2.24) is 4.98 Å². The average Bonchev–Trinajstić information content (AvgIpc) is 2.04. The topological polar surface area (TPSA) is 56.0 Å². The summed E-state index contributed by atoms with van der Waals surface area (Å²) in [6.45, 7) is -0.0363. The van der Waals surface area contributed by atoms with E-state index in [0.29, 0.717) is 10.6 Å². The monoisotopic (exact) mass is 206 g/mol. The van der Waals surface area contributed by atoms with Crippen LogP contribution in [0.2, 0.25) is 5.02 Å². The molecule has 1 aromatic heterocycles. The number of ketones is 1. The maximum Gasteiger partial charge on any atom is 0.179 e. The maximum atomic E-state index is 11.0. The number of Topliss-reactive ketones (excluding diaryl/α,β-unsaturated/α-hetero) is 1. The highest BCUT2D eigenvalue weighted by molar-refractivity contribution is 6.33. The second-order valence-electron chi connectivity index (χ2n) is 1.98. The molecule has 0 fully saturated rings. The van der Waals surface area contributed by atoms with E-state index in [1.54, 1.807) is 6.07 Å². The molecule has 0 saturated carbocycles. The summed E-state index contributed by atoms with van der Waals surface area (Å²) in [4.78, 5) is 14.7. The molecule has 0 unspecified atom stereocenters. The van der Waals surface area contributed by atoms with Gasteiger partial charge < -0.3 is 5.73 Å². The van der Waals surface area contributed by atoms with Crippen LogP contribution in [0.5, 0.6) is 0 Å². The van der Waals surface area contributed by atoms with Gasteiger partial charge in [-0.15, -0.1) is 12.4 Å². The van der Waals surface area contributed by atoms with Gasteiger partial charge >= 0.3 is 0 Å². The van der Waals surface area contributed by atoms with E-state index >= 15 is 0 Å². The van der Waals surface area contributed by atoms with Crippen LogP contribution in [0.3, 0.4) is 0 Å². The lowest BCUT2D eigenvalue weighted by Gasteiger charge is -1.97. The Morgan fingerprint density at radius 2 is 2.33 bits per heavy atom. The zero-order valence-corrected chi connectivity index (χ0v) is 7.73. The van der Waals surface area contributed by atoms with Crippen molar-refractivity contribution in [3.8, 4) is 0 Å². The van der Waals surface area contributed by atoms with Gasteiger partial charge in [-0.05, 0) is 6.07 Å². The third-order valence-corrected chi connectivity index (χ3v) is 1.58. The molecule has 1 rings (SSSR count). The highest BCUT2D eigenvalue weighted by Gasteiger charge is 2.06. The molecule has 1 heterocycles. The van der Waals surface area contributed by atoms with Crippen LogP contribution >= 0.6 is 24.0 Å². The summed E-state index contributed by atoms with van der Waals surface area (Å²) in [6.07, 6.45) is 2.94. The molecule has 0 amide bonds. The van der Waals surface area contributed by atoms with Crippen molar-refractivity contribution in [2.45, 2.75) is 0 Å². The average molecular weight is 207 g/mol. The number of carbonyl (C=O) groups excluding carboxylic acids is 1. The van der Waals surface area contributed by atoms with Crippen LogP contribution in [-0.2, 0) is 0 Å². The van der Waals surface area contributed by atoms with E-state index in [1.807, 2.05) is 0 Å². The molecule has 0 spiro atoms. The Hall–Kier alpha value is -0.640. The Kier molecular flexibility index (Phi) is 4.81. The van der Waals surface area contributed by atoms with Gasteiger partial charge in [0.1, 0.15) is 0 Å². The van der Waals surface area contributed by atoms with Crippen molar-refractivity contribution in [2.24, 2.45) is 5.73 Å². The Labute approximate surface area is 81.3 Å². The molecule has 0 aromatic carbocycles. The smallest absolute Gasteiger partial charge is 0.179 e. The van der Waals surface area contributed by atoms with Crippen molar-refractivity contribution in [3.05, 3.63) is 29.0 Å². The molecule has 1 aromatic rings. The van der Waals surface area contributed by atoms with Gasteiger partial charge in [0.05, 0.1) is 17.1 Å². The van der Waals surface area contributed by atoms with Crippen molar-refractivity contribution in [3.63, 3.8) is 0 Å². The zero-order valence-electron chi connectivity index (χ0n) is 6.16. The van der Waals surface area contributed by atoms with Crippen LogP contribution in [0.25, 0.3) is 0 Å². The van der Waals surface area contributed by atoms with Gasteiger partial charge in [0, 0.05) is 12.4 Å². The van der Waals surface area contributed by atoms with Crippen LogP contribution in [0.15, 0.2) is 18.5 Å². The third-order valence-electron chi connectivity index (χ3n) is 1.25. The Bertz CT molecular complexity index is 278. The molecule has 0 bridgehead atoms. The van der Waals surface area contributed by atoms with Gasteiger partial charge in [-0.1, -0.05) is 11.6 Å². The van der Waals surface area contributed by atoms with Crippen molar-refractivity contribution in [2.75, 3.05) is 6.54 Å². The van der Waals surface area contributed by atoms with Gasteiger partial charge in [0.15, 0.2) is 5.78 Å². The molecule has 0 atom stereocenters. The molecule has 3 nitrogen and oxygen atoms in total. The molecule has 0 aliphatic rings. The number of pyridine rings is 1. The molecule has 66 valence electrons. The predicted octanol–water partition coefficient (Wildman–Crippen LogP) is 1.30. The number of nitrogens with two attached hydrogens (primary N) is 1. The summed E-state index contributed by atoms with van der Waals surface area (Å²) >= 11 is 5.68. The zero-order chi connectivity index (χ0) is 8.27. The fourth-order valence-electron chi connectivity index (χ4n) is 0.693. The summed E-state index contributed by atoms with van der Waals surface area (Å²) in [5.41, 5.74) is 5.52. The van der Waals surface area contributed by atoms with Crippen molar-refractivity contribution < 1.29 is 4.79 Å². The van der Waals surface area contributed by atoms with Gasteiger partial charge in [0.2, 0.25) is 0 Å². The summed E-state index contributed by atoms with van der Waals surface area (Å²) in [5, 5.41) is 0.399. The first-order valence-electron chi connectivity index (χ1n) is 3.08. The van der Waals surface area contributed by atoms with Gasteiger partial charge in [-0.2, -0.15) is 0 Å².